The van der Waals surface area contributed by atoms with Gasteiger partial charge in [0, 0.05) is 26.1 Å². The molecule has 0 unspecified atom stereocenters. The number of hydrogen-bond acceptors (Lipinski definition) is 4. The minimum Gasteiger partial charge on any atom is -0.349 e. The third-order valence-corrected chi connectivity index (χ3v) is 7.82. The van der Waals surface area contributed by atoms with E-state index < -0.39 is 26.7 Å². The largest absolute Gasteiger partial charge is 0.416 e. The number of aryl methyl sites for hydroxylation is 1. The molecule has 2 aromatic carbocycles. The predicted molar refractivity (Wildman–Crippen MR) is 115 cm³/mol. The number of carbonyl (C=O) groups is 1. The van der Waals surface area contributed by atoms with Crippen LogP contribution in [-0.4, -0.2) is 41.3 Å². The molecule has 1 aliphatic rings. The molecule has 7 nitrogen and oxygen atoms in total. The highest BCUT2D eigenvalue weighted by Crippen LogP contribution is 2.32. The van der Waals surface area contributed by atoms with E-state index in [1.54, 1.807) is 0 Å². The van der Waals surface area contributed by atoms with Crippen molar-refractivity contribution in [3.8, 4) is 0 Å². The van der Waals surface area contributed by atoms with Crippen molar-refractivity contribution in [3.05, 3.63) is 59.9 Å². The van der Waals surface area contributed by atoms with Crippen molar-refractivity contribution < 1.29 is 26.4 Å². The first-order valence-electron chi connectivity index (χ1n) is 10.4. The number of sulfonamides is 1. The molecule has 0 atom stereocenters. The number of nitrogens with zero attached hydrogens (tertiary/aromatic N) is 3. The average molecular weight is 481 g/mol. The number of piperidine rings is 1. The minimum atomic E-state index is -4.63. The second kappa shape index (κ2) is 8.79. The summed E-state index contributed by atoms with van der Waals surface area (Å²) in [6.07, 6.45) is -4.06. The van der Waals surface area contributed by atoms with Gasteiger partial charge in [0.15, 0.2) is 0 Å². The Morgan fingerprint density at radius 1 is 1.12 bits per heavy atom. The fourth-order valence-corrected chi connectivity index (χ4v) is 5.52. The first-order valence-corrected chi connectivity index (χ1v) is 11.9. The first-order chi connectivity index (χ1) is 15.6. The molecule has 176 valence electrons. The van der Waals surface area contributed by atoms with Gasteiger partial charge in [-0.2, -0.15) is 17.5 Å². The summed E-state index contributed by atoms with van der Waals surface area (Å²) in [5.74, 6) is 0.125. The molecule has 0 saturated carbocycles. The van der Waals surface area contributed by atoms with Crippen molar-refractivity contribution in [1.29, 1.82) is 0 Å². The van der Waals surface area contributed by atoms with Crippen LogP contribution < -0.4 is 5.32 Å². The topological polar surface area (TPSA) is 84.3 Å². The Labute approximate surface area is 189 Å². The Hall–Kier alpha value is -2.92. The normalized spacial score (nSPS) is 16.2. The molecule has 1 saturated heterocycles. The SMILES string of the molecule is Cn1c(CNC(=O)C2CCN(S(=O)(=O)c3cccc(C(F)(F)F)c3)CC2)nc2ccccc21. The van der Waals surface area contributed by atoms with Crippen molar-refractivity contribution in [2.24, 2.45) is 13.0 Å². The quantitative estimate of drug-likeness (QED) is 0.607. The fourth-order valence-electron chi connectivity index (χ4n) is 4.00. The third kappa shape index (κ3) is 4.74. The Kier molecular flexibility index (Phi) is 6.19. The molecule has 4 rings (SSSR count). The number of para-hydroxylation sites is 2. The van der Waals surface area contributed by atoms with E-state index in [0.717, 1.165) is 33.5 Å². The monoisotopic (exact) mass is 480 g/mol. The second-order valence-corrected chi connectivity index (χ2v) is 9.94. The highest BCUT2D eigenvalue weighted by molar-refractivity contribution is 7.89. The van der Waals surface area contributed by atoms with Gasteiger partial charge in [-0.3, -0.25) is 4.79 Å². The van der Waals surface area contributed by atoms with Crippen molar-refractivity contribution in [2.45, 2.75) is 30.5 Å². The molecule has 3 aromatic rings. The van der Waals surface area contributed by atoms with E-state index in [4.69, 9.17) is 0 Å². The van der Waals surface area contributed by atoms with Crippen molar-refractivity contribution in [3.63, 3.8) is 0 Å². The molecule has 0 radical (unpaired) electrons. The van der Waals surface area contributed by atoms with Gasteiger partial charge >= 0.3 is 6.18 Å². The number of nitrogens with one attached hydrogen (secondary N) is 1. The number of benzene rings is 2. The van der Waals surface area contributed by atoms with E-state index in [2.05, 4.69) is 10.3 Å². The molecule has 11 heteroatoms. The van der Waals surface area contributed by atoms with Gasteiger partial charge in [0.25, 0.3) is 0 Å². The third-order valence-electron chi connectivity index (χ3n) is 5.92. The van der Waals surface area contributed by atoms with E-state index in [9.17, 15) is 26.4 Å². The van der Waals surface area contributed by atoms with E-state index in [0.29, 0.717) is 11.9 Å². The zero-order valence-corrected chi connectivity index (χ0v) is 18.7. The standard InChI is InChI=1S/C22H23F3N4O3S/c1-28-19-8-3-2-7-18(19)27-20(28)14-26-21(30)15-9-11-29(12-10-15)33(31,32)17-6-4-5-16(13-17)22(23,24)25/h2-8,13,15H,9-12,14H2,1H3,(H,26,30). The van der Waals surface area contributed by atoms with Gasteiger partial charge in [-0.1, -0.05) is 18.2 Å². The molecule has 1 aromatic heterocycles. The Morgan fingerprint density at radius 2 is 1.82 bits per heavy atom. The molecule has 1 N–H and O–H groups in total. The summed E-state index contributed by atoms with van der Waals surface area (Å²) in [6.45, 7) is 0.360. The minimum absolute atomic E-state index is 0.0585. The number of aromatic nitrogens is 2. The smallest absolute Gasteiger partial charge is 0.349 e. The van der Waals surface area contributed by atoms with Crippen LogP contribution >= 0.6 is 0 Å². The molecule has 1 amide bonds. The highest BCUT2D eigenvalue weighted by Gasteiger charge is 2.35. The molecule has 0 spiro atoms. The maximum Gasteiger partial charge on any atom is 0.416 e. The molecular weight excluding hydrogens is 457 g/mol. The summed E-state index contributed by atoms with van der Waals surface area (Å²) < 4.78 is 67.6. The molecule has 1 fully saturated rings. The number of rotatable bonds is 5. The number of amides is 1. The number of hydrogen-bond donors (Lipinski definition) is 1. The molecule has 0 bridgehead atoms. The van der Waals surface area contributed by atoms with Gasteiger partial charge in [-0.25, -0.2) is 13.4 Å². The van der Waals surface area contributed by atoms with Crippen LogP contribution in [0.15, 0.2) is 53.4 Å². The van der Waals surface area contributed by atoms with Crippen LogP contribution in [0.2, 0.25) is 0 Å². The van der Waals surface area contributed by atoms with Gasteiger partial charge < -0.3 is 9.88 Å². The van der Waals surface area contributed by atoms with Crippen LogP contribution in [0, 0.1) is 5.92 Å². The fraction of sp³-hybridized carbons (Fsp3) is 0.364. The Balaban J connectivity index is 1.37. The van der Waals surface area contributed by atoms with E-state index in [1.807, 2.05) is 35.9 Å². The summed E-state index contributed by atoms with van der Waals surface area (Å²) in [5, 5.41) is 2.86. The van der Waals surface area contributed by atoms with Crippen molar-refractivity contribution in [1.82, 2.24) is 19.2 Å². The van der Waals surface area contributed by atoms with Crippen LogP contribution in [-0.2, 0) is 34.6 Å². The van der Waals surface area contributed by atoms with Crippen LogP contribution in [0.1, 0.15) is 24.2 Å². The molecule has 0 aliphatic carbocycles. The van der Waals surface area contributed by atoms with Gasteiger partial charge in [0.05, 0.1) is 28.0 Å². The van der Waals surface area contributed by atoms with Crippen LogP contribution in [0.5, 0.6) is 0 Å². The molecule has 1 aliphatic heterocycles. The molecule has 33 heavy (non-hydrogen) atoms. The summed E-state index contributed by atoms with van der Waals surface area (Å²) in [4.78, 5) is 16.7. The Bertz CT molecular complexity index is 1280. The number of carbonyl (C=O) groups excluding carboxylic acids is 1. The lowest BCUT2D eigenvalue weighted by atomic mass is 9.97. The predicted octanol–water partition coefficient (Wildman–Crippen LogP) is 3.31. The first kappa shape index (κ1) is 23.2. The summed E-state index contributed by atoms with van der Waals surface area (Å²) in [5.41, 5.74) is 0.770. The highest BCUT2D eigenvalue weighted by atomic mass is 32.2. The van der Waals surface area contributed by atoms with E-state index >= 15 is 0 Å². The van der Waals surface area contributed by atoms with Gasteiger partial charge in [-0.05, 0) is 43.2 Å². The second-order valence-electron chi connectivity index (χ2n) is 8.00. The number of alkyl halides is 3. The lowest BCUT2D eigenvalue weighted by Crippen LogP contribution is -2.43. The zero-order chi connectivity index (χ0) is 23.8. The lowest BCUT2D eigenvalue weighted by molar-refractivity contribution is -0.137. The van der Waals surface area contributed by atoms with E-state index in [1.165, 1.54) is 0 Å². The van der Waals surface area contributed by atoms with Gasteiger partial charge in [-0.15, -0.1) is 0 Å². The maximum absolute atomic E-state index is 13.0. The summed E-state index contributed by atoms with van der Waals surface area (Å²) >= 11 is 0. The van der Waals surface area contributed by atoms with Gasteiger partial charge in [0.1, 0.15) is 5.82 Å². The van der Waals surface area contributed by atoms with Crippen molar-refractivity contribution >= 4 is 27.0 Å². The summed E-state index contributed by atoms with van der Waals surface area (Å²) in [6, 6.07) is 11.3. The van der Waals surface area contributed by atoms with Crippen LogP contribution in [0.25, 0.3) is 11.0 Å². The Morgan fingerprint density at radius 3 is 2.48 bits per heavy atom. The van der Waals surface area contributed by atoms with E-state index in [-0.39, 0.29) is 44.3 Å². The lowest BCUT2D eigenvalue weighted by Gasteiger charge is -2.30. The number of fused-ring (bicyclic) bond motifs is 1. The number of halogens is 3. The molecular formula is C22H23F3N4O3S. The van der Waals surface area contributed by atoms with Crippen LogP contribution in [0.3, 0.4) is 0 Å². The maximum atomic E-state index is 13.0. The summed E-state index contributed by atoms with van der Waals surface area (Å²) in [7, 11) is -2.21. The van der Waals surface area contributed by atoms with Gasteiger partial charge in [0.2, 0.25) is 15.9 Å². The molecule has 2 heterocycles. The van der Waals surface area contributed by atoms with Crippen molar-refractivity contribution in [2.75, 3.05) is 13.1 Å². The van der Waals surface area contributed by atoms with Crippen LogP contribution in [0.4, 0.5) is 13.2 Å². The zero-order valence-electron chi connectivity index (χ0n) is 17.8. The number of imidazole rings is 1. The average Bonchev–Trinajstić information content (AvgIpc) is 3.13.